The van der Waals surface area contributed by atoms with Crippen molar-refractivity contribution in [3.63, 3.8) is 0 Å². The minimum atomic E-state index is 0. The van der Waals surface area contributed by atoms with Gasteiger partial charge in [-0.15, -0.1) is 12.4 Å². The second-order valence-corrected chi connectivity index (χ2v) is 5.69. The highest BCUT2D eigenvalue weighted by Crippen LogP contribution is 2.28. The fourth-order valence-electron chi connectivity index (χ4n) is 2.84. The molecule has 0 radical (unpaired) electrons. The van der Waals surface area contributed by atoms with Gasteiger partial charge in [-0.1, -0.05) is 24.3 Å². The molecule has 19 heavy (non-hydrogen) atoms. The van der Waals surface area contributed by atoms with E-state index in [1.165, 1.54) is 18.4 Å². The first-order valence-electron chi connectivity index (χ1n) is 7.17. The zero-order valence-electron chi connectivity index (χ0n) is 11.2. The number of fused-ring (bicyclic) bond motifs is 1. The van der Waals surface area contributed by atoms with Crippen LogP contribution in [0.4, 0.5) is 0 Å². The summed E-state index contributed by atoms with van der Waals surface area (Å²) in [6, 6.07) is 8.09. The number of hydrogen-bond acceptors (Lipinski definition) is 2. The van der Waals surface area contributed by atoms with Crippen LogP contribution in [0.15, 0.2) is 24.3 Å². The zero-order valence-corrected chi connectivity index (χ0v) is 12.0. The number of halogens is 1. The Hall–Kier alpha value is -0.860. The lowest BCUT2D eigenvalue weighted by Gasteiger charge is -2.23. The molecule has 3 heteroatoms. The Kier molecular flexibility index (Phi) is 5.00. The molecule has 1 N–H and O–H groups in total. The quantitative estimate of drug-likeness (QED) is 0.839. The summed E-state index contributed by atoms with van der Waals surface area (Å²) in [5.41, 5.74) is 2.21. The third kappa shape index (κ3) is 3.58. The smallest absolute Gasteiger partial charge is 0.166 e. The third-order valence-corrected chi connectivity index (χ3v) is 4.22. The maximum atomic E-state index is 12.3. The zero-order chi connectivity index (χ0) is 12.4. The number of nitrogens with one attached hydrogen (secondary N) is 1. The number of Topliss-reactive ketones (excluding diaryl/α,β-unsaturated/α-hetero) is 1. The highest BCUT2D eigenvalue weighted by atomic mass is 35.5. The van der Waals surface area contributed by atoms with E-state index in [1.807, 2.05) is 18.2 Å². The van der Waals surface area contributed by atoms with Gasteiger partial charge in [-0.05, 0) is 56.7 Å². The van der Waals surface area contributed by atoms with Gasteiger partial charge >= 0.3 is 0 Å². The minimum absolute atomic E-state index is 0. The molecule has 0 aromatic heterocycles. The topological polar surface area (TPSA) is 29.1 Å². The molecule has 2 aliphatic rings. The van der Waals surface area contributed by atoms with Crippen molar-refractivity contribution >= 4 is 18.2 Å². The van der Waals surface area contributed by atoms with Crippen LogP contribution in [0.2, 0.25) is 0 Å². The summed E-state index contributed by atoms with van der Waals surface area (Å²) in [5.74, 6) is 1.53. The largest absolute Gasteiger partial charge is 0.316 e. The van der Waals surface area contributed by atoms with Crippen molar-refractivity contribution in [3.8, 4) is 0 Å². The Morgan fingerprint density at radius 1 is 1.16 bits per heavy atom. The second-order valence-electron chi connectivity index (χ2n) is 5.69. The van der Waals surface area contributed by atoms with Crippen LogP contribution in [0, 0.1) is 11.8 Å². The van der Waals surface area contributed by atoms with Crippen molar-refractivity contribution in [1.82, 2.24) is 5.32 Å². The normalized spacial score (nSPS) is 21.7. The fourth-order valence-corrected chi connectivity index (χ4v) is 2.84. The van der Waals surface area contributed by atoms with E-state index in [4.69, 9.17) is 0 Å². The molecule has 1 fully saturated rings. The van der Waals surface area contributed by atoms with Gasteiger partial charge in [0.25, 0.3) is 0 Å². The Labute approximate surface area is 121 Å². The number of ketones is 1. The van der Waals surface area contributed by atoms with Gasteiger partial charge in [-0.25, -0.2) is 0 Å². The second kappa shape index (κ2) is 6.53. The Morgan fingerprint density at radius 2 is 1.95 bits per heavy atom. The molecule has 104 valence electrons. The van der Waals surface area contributed by atoms with Gasteiger partial charge in [-0.3, -0.25) is 4.79 Å². The minimum Gasteiger partial charge on any atom is -0.316 e. The van der Waals surface area contributed by atoms with E-state index in [0.717, 1.165) is 43.8 Å². The maximum Gasteiger partial charge on any atom is 0.166 e. The maximum absolute atomic E-state index is 12.3. The van der Waals surface area contributed by atoms with Gasteiger partial charge in [-0.2, -0.15) is 0 Å². The van der Waals surface area contributed by atoms with Gasteiger partial charge in [0.15, 0.2) is 5.78 Å². The lowest BCUT2D eigenvalue weighted by atomic mass is 9.81. The number of hydrogen-bond donors (Lipinski definition) is 1. The van der Waals surface area contributed by atoms with E-state index in [-0.39, 0.29) is 18.3 Å². The molecule has 2 aliphatic carbocycles. The molecule has 1 atom stereocenters. The molecular formula is C16H22ClNO. The van der Waals surface area contributed by atoms with Crippen LogP contribution in [0.25, 0.3) is 0 Å². The molecule has 0 aliphatic heterocycles. The Bertz CT molecular complexity index is 442. The molecule has 0 spiro atoms. The number of rotatable bonds is 5. The highest BCUT2D eigenvalue weighted by Gasteiger charge is 2.26. The van der Waals surface area contributed by atoms with Crippen LogP contribution in [-0.4, -0.2) is 18.9 Å². The highest BCUT2D eigenvalue weighted by molar-refractivity contribution is 6.00. The van der Waals surface area contributed by atoms with Crippen LogP contribution in [0.1, 0.15) is 41.6 Å². The molecule has 1 aromatic rings. The van der Waals surface area contributed by atoms with Gasteiger partial charge < -0.3 is 5.32 Å². The lowest BCUT2D eigenvalue weighted by Crippen LogP contribution is -2.27. The summed E-state index contributed by atoms with van der Waals surface area (Å²) < 4.78 is 0. The summed E-state index contributed by atoms with van der Waals surface area (Å²) in [4.78, 5) is 12.3. The van der Waals surface area contributed by atoms with E-state index in [1.54, 1.807) is 0 Å². The first kappa shape index (κ1) is 14.5. The van der Waals surface area contributed by atoms with Crippen molar-refractivity contribution in [2.75, 3.05) is 13.1 Å². The van der Waals surface area contributed by atoms with Crippen molar-refractivity contribution in [2.45, 2.75) is 32.1 Å². The molecule has 2 nitrogen and oxygen atoms in total. The fraction of sp³-hybridized carbons (Fsp3) is 0.562. The average molecular weight is 280 g/mol. The van der Waals surface area contributed by atoms with Crippen LogP contribution < -0.4 is 5.32 Å². The molecule has 1 aromatic carbocycles. The van der Waals surface area contributed by atoms with Crippen LogP contribution in [0.3, 0.4) is 0 Å². The van der Waals surface area contributed by atoms with Gasteiger partial charge in [0, 0.05) is 11.5 Å². The monoisotopic (exact) mass is 279 g/mol. The van der Waals surface area contributed by atoms with Crippen molar-refractivity contribution in [1.29, 1.82) is 0 Å². The summed E-state index contributed by atoms with van der Waals surface area (Å²) in [7, 11) is 0. The third-order valence-electron chi connectivity index (χ3n) is 4.22. The molecule has 0 saturated heterocycles. The van der Waals surface area contributed by atoms with E-state index >= 15 is 0 Å². The predicted molar refractivity (Wildman–Crippen MR) is 80.0 cm³/mol. The van der Waals surface area contributed by atoms with Gasteiger partial charge in [0.1, 0.15) is 0 Å². The molecule has 0 bridgehead atoms. The summed E-state index contributed by atoms with van der Waals surface area (Å²) in [6.45, 7) is 2.15. The number of aryl methyl sites for hydroxylation is 1. The van der Waals surface area contributed by atoms with E-state index in [9.17, 15) is 4.79 Å². The standard InChI is InChI=1S/C16H21NO.ClH/c18-16-14(9-10-17-11-12-5-6-12)8-7-13-3-1-2-4-15(13)16;/h1-4,12,14,17H,5-11H2;1H. The first-order valence-corrected chi connectivity index (χ1v) is 7.17. The Balaban J connectivity index is 0.00000133. The number of benzene rings is 1. The predicted octanol–water partition coefficient (Wildman–Crippen LogP) is 3.24. The summed E-state index contributed by atoms with van der Waals surface area (Å²) in [6.07, 6.45) is 5.88. The molecular weight excluding hydrogens is 258 g/mol. The van der Waals surface area contributed by atoms with Crippen molar-refractivity contribution in [3.05, 3.63) is 35.4 Å². The molecule has 1 saturated carbocycles. The first-order chi connectivity index (χ1) is 8.84. The number of carbonyl (C=O) groups excluding carboxylic acids is 1. The SMILES string of the molecule is Cl.O=C1c2ccccc2CCC1CCNCC1CC1. The summed E-state index contributed by atoms with van der Waals surface area (Å²) in [5, 5.41) is 3.49. The van der Waals surface area contributed by atoms with Gasteiger partial charge in [0.2, 0.25) is 0 Å². The molecule has 3 rings (SSSR count). The van der Waals surface area contributed by atoms with Crippen LogP contribution in [0.5, 0.6) is 0 Å². The van der Waals surface area contributed by atoms with Crippen LogP contribution in [-0.2, 0) is 6.42 Å². The summed E-state index contributed by atoms with van der Waals surface area (Å²) >= 11 is 0. The number of carbonyl (C=O) groups is 1. The molecule has 0 heterocycles. The lowest BCUT2D eigenvalue weighted by molar-refractivity contribution is 0.0895. The van der Waals surface area contributed by atoms with E-state index in [2.05, 4.69) is 11.4 Å². The van der Waals surface area contributed by atoms with Crippen molar-refractivity contribution in [2.24, 2.45) is 11.8 Å². The van der Waals surface area contributed by atoms with Crippen molar-refractivity contribution < 1.29 is 4.79 Å². The van der Waals surface area contributed by atoms with Gasteiger partial charge in [0.05, 0.1) is 0 Å². The van der Waals surface area contributed by atoms with Crippen LogP contribution >= 0.6 is 12.4 Å². The van der Waals surface area contributed by atoms with E-state index in [0.29, 0.717) is 5.78 Å². The Morgan fingerprint density at radius 3 is 2.74 bits per heavy atom. The average Bonchev–Trinajstić information content (AvgIpc) is 3.21. The molecule has 0 amide bonds. The van der Waals surface area contributed by atoms with E-state index < -0.39 is 0 Å². The molecule has 1 unspecified atom stereocenters.